The summed E-state index contributed by atoms with van der Waals surface area (Å²) in [6.07, 6.45) is 0.437. The molecule has 1 rings (SSSR count). The summed E-state index contributed by atoms with van der Waals surface area (Å²) < 4.78 is 5.43. The topological polar surface area (TPSA) is 117 Å². The molecule has 7 nitrogen and oxygen atoms in total. The summed E-state index contributed by atoms with van der Waals surface area (Å²) in [6, 6.07) is -0.493. The number of carboxylic acid groups (broad SMARTS) is 1. The molecule has 132 valence electrons. The summed E-state index contributed by atoms with van der Waals surface area (Å²) in [5.41, 5.74) is 4.42. The number of rotatable bonds is 4. The van der Waals surface area contributed by atoms with Gasteiger partial charge in [0.05, 0.1) is 18.3 Å². The Bertz CT molecular complexity index is 482. The summed E-state index contributed by atoms with van der Waals surface area (Å²) in [5.74, 6) is -0.814. The number of nitrogens with one attached hydrogen (secondary N) is 1. The van der Waals surface area contributed by atoms with Crippen molar-refractivity contribution in [3.8, 4) is 0 Å². The summed E-state index contributed by atoms with van der Waals surface area (Å²) >= 11 is 0. The number of piperidine rings is 1. The van der Waals surface area contributed by atoms with Gasteiger partial charge >= 0.3 is 12.1 Å². The first-order chi connectivity index (χ1) is 10.3. The number of hydrogen-bond donors (Lipinski definition) is 3. The van der Waals surface area contributed by atoms with Crippen molar-refractivity contribution < 1.29 is 19.4 Å². The Hall–Kier alpha value is -1.79. The van der Waals surface area contributed by atoms with Gasteiger partial charge in [0.15, 0.2) is 0 Å². The molecule has 7 heteroatoms. The number of nitrogens with two attached hydrogens (primary N) is 1. The van der Waals surface area contributed by atoms with E-state index in [1.54, 1.807) is 20.8 Å². The van der Waals surface area contributed by atoms with Crippen molar-refractivity contribution in [2.75, 3.05) is 6.54 Å². The van der Waals surface area contributed by atoms with E-state index in [4.69, 9.17) is 15.9 Å². The molecule has 0 aromatic carbocycles. The number of hydrogen-bond acceptors (Lipinski definition) is 4. The van der Waals surface area contributed by atoms with Crippen LogP contribution >= 0.6 is 0 Å². The van der Waals surface area contributed by atoms with Crippen LogP contribution in [0.15, 0.2) is 0 Å². The molecular formula is C16H29N3O4. The minimum Gasteiger partial charge on any atom is -0.481 e. The highest BCUT2D eigenvalue weighted by Gasteiger charge is 2.47. The molecular weight excluding hydrogens is 298 g/mol. The molecule has 0 aromatic rings. The average molecular weight is 327 g/mol. The fourth-order valence-corrected chi connectivity index (χ4v) is 3.20. The zero-order valence-electron chi connectivity index (χ0n) is 14.7. The van der Waals surface area contributed by atoms with Crippen molar-refractivity contribution >= 4 is 17.9 Å². The van der Waals surface area contributed by atoms with Crippen LogP contribution in [0.25, 0.3) is 0 Å². The lowest BCUT2D eigenvalue weighted by Gasteiger charge is -2.50. The summed E-state index contributed by atoms with van der Waals surface area (Å²) in [7, 11) is 0. The van der Waals surface area contributed by atoms with Crippen LogP contribution in [0.5, 0.6) is 0 Å². The van der Waals surface area contributed by atoms with Crippen LogP contribution in [-0.2, 0) is 9.53 Å². The Balaban J connectivity index is 3.06. The van der Waals surface area contributed by atoms with Gasteiger partial charge in [-0.1, -0.05) is 13.8 Å². The first-order valence-electron chi connectivity index (χ1n) is 7.89. The van der Waals surface area contributed by atoms with Gasteiger partial charge in [-0.15, -0.1) is 0 Å². The lowest BCUT2D eigenvalue weighted by molar-refractivity contribution is -0.141. The van der Waals surface area contributed by atoms with E-state index in [9.17, 15) is 14.7 Å². The number of amides is 1. The number of nitrogens with zero attached hydrogens (tertiary/aromatic N) is 1. The third-order valence-corrected chi connectivity index (χ3v) is 4.47. The third kappa shape index (κ3) is 5.11. The molecule has 0 aliphatic carbocycles. The molecule has 4 N–H and O–H groups in total. The highest BCUT2D eigenvalue weighted by Crippen LogP contribution is 2.43. The van der Waals surface area contributed by atoms with E-state index in [2.05, 4.69) is 0 Å². The summed E-state index contributed by atoms with van der Waals surface area (Å²) in [6.45, 7) is 9.63. The lowest BCUT2D eigenvalue weighted by Crippen LogP contribution is -2.58. The second-order valence-corrected chi connectivity index (χ2v) is 7.82. The SMILES string of the molecule is CC(C)(C)OC(=O)N1CCC(CC(=N)N)C(C)(C)C1CC(=O)O. The van der Waals surface area contributed by atoms with E-state index in [-0.39, 0.29) is 18.2 Å². The Morgan fingerprint density at radius 2 is 1.91 bits per heavy atom. The van der Waals surface area contributed by atoms with Crippen molar-refractivity contribution in [1.82, 2.24) is 4.90 Å². The second kappa shape index (κ2) is 6.76. The fraction of sp³-hybridized carbons (Fsp3) is 0.812. The second-order valence-electron chi connectivity index (χ2n) is 7.82. The summed E-state index contributed by atoms with van der Waals surface area (Å²) in [5, 5.41) is 16.8. The maximum atomic E-state index is 12.5. The van der Waals surface area contributed by atoms with Gasteiger partial charge in [0.2, 0.25) is 0 Å². The zero-order valence-corrected chi connectivity index (χ0v) is 14.7. The minimum atomic E-state index is -0.958. The monoisotopic (exact) mass is 327 g/mol. The molecule has 23 heavy (non-hydrogen) atoms. The van der Waals surface area contributed by atoms with E-state index in [0.29, 0.717) is 19.4 Å². The molecule has 0 bridgehead atoms. The normalized spacial score (nSPS) is 24.1. The molecule has 1 heterocycles. The van der Waals surface area contributed by atoms with Crippen LogP contribution in [-0.4, -0.2) is 46.1 Å². The molecule has 0 aromatic heterocycles. The first-order valence-corrected chi connectivity index (χ1v) is 7.89. The van der Waals surface area contributed by atoms with Crippen LogP contribution in [0.1, 0.15) is 53.9 Å². The van der Waals surface area contributed by atoms with E-state index >= 15 is 0 Å². The molecule has 1 fully saturated rings. The molecule has 0 radical (unpaired) electrons. The Kier molecular flexibility index (Phi) is 5.66. The van der Waals surface area contributed by atoms with Crippen LogP contribution < -0.4 is 5.73 Å². The maximum Gasteiger partial charge on any atom is 0.410 e. The predicted octanol–water partition coefficient (Wildman–Crippen LogP) is 2.44. The first kappa shape index (κ1) is 19.3. The number of amidine groups is 1. The van der Waals surface area contributed by atoms with Crippen molar-refractivity contribution in [1.29, 1.82) is 5.41 Å². The fourth-order valence-electron chi connectivity index (χ4n) is 3.20. The van der Waals surface area contributed by atoms with Crippen LogP contribution in [0.3, 0.4) is 0 Å². The molecule has 1 aliphatic heterocycles. The quantitative estimate of drug-likeness (QED) is 0.541. The van der Waals surface area contributed by atoms with Crippen LogP contribution in [0.2, 0.25) is 0 Å². The minimum absolute atomic E-state index is 0.0584. The Labute approximate surface area is 137 Å². The van der Waals surface area contributed by atoms with E-state index in [1.165, 1.54) is 4.90 Å². The van der Waals surface area contributed by atoms with Crippen molar-refractivity contribution in [2.24, 2.45) is 17.1 Å². The highest BCUT2D eigenvalue weighted by atomic mass is 16.6. The Morgan fingerprint density at radius 3 is 2.35 bits per heavy atom. The van der Waals surface area contributed by atoms with Gasteiger partial charge in [0.1, 0.15) is 5.60 Å². The number of carbonyl (C=O) groups is 2. The third-order valence-electron chi connectivity index (χ3n) is 4.47. The van der Waals surface area contributed by atoms with E-state index in [0.717, 1.165) is 0 Å². The highest BCUT2D eigenvalue weighted by molar-refractivity contribution is 5.77. The molecule has 0 saturated carbocycles. The number of likely N-dealkylation sites (tertiary alicyclic amines) is 1. The number of carboxylic acids is 1. The average Bonchev–Trinajstić information content (AvgIpc) is 2.31. The number of aliphatic carboxylic acids is 1. The van der Waals surface area contributed by atoms with Crippen molar-refractivity contribution in [3.05, 3.63) is 0 Å². The molecule has 2 atom stereocenters. The van der Waals surface area contributed by atoms with Gasteiger partial charge < -0.3 is 20.5 Å². The lowest BCUT2D eigenvalue weighted by atomic mass is 9.66. The molecule has 2 unspecified atom stereocenters. The number of carbonyl (C=O) groups excluding carboxylic acids is 1. The predicted molar refractivity (Wildman–Crippen MR) is 87.4 cm³/mol. The van der Waals surface area contributed by atoms with E-state index < -0.39 is 29.1 Å². The van der Waals surface area contributed by atoms with Crippen molar-refractivity contribution in [3.63, 3.8) is 0 Å². The van der Waals surface area contributed by atoms with E-state index in [1.807, 2.05) is 13.8 Å². The van der Waals surface area contributed by atoms with Gasteiger partial charge in [-0.25, -0.2) is 4.79 Å². The van der Waals surface area contributed by atoms with Gasteiger partial charge in [-0.05, 0) is 38.5 Å². The molecule has 1 amide bonds. The van der Waals surface area contributed by atoms with Crippen molar-refractivity contribution in [2.45, 2.75) is 65.5 Å². The van der Waals surface area contributed by atoms with Crippen LogP contribution in [0, 0.1) is 16.7 Å². The smallest absolute Gasteiger partial charge is 0.410 e. The molecule has 1 aliphatic rings. The maximum absolute atomic E-state index is 12.5. The van der Waals surface area contributed by atoms with Gasteiger partial charge in [0.25, 0.3) is 0 Å². The number of ether oxygens (including phenoxy) is 1. The zero-order chi connectivity index (χ0) is 18.0. The largest absolute Gasteiger partial charge is 0.481 e. The van der Waals surface area contributed by atoms with Gasteiger partial charge in [0, 0.05) is 13.0 Å². The Morgan fingerprint density at radius 1 is 1.35 bits per heavy atom. The van der Waals surface area contributed by atoms with Crippen LogP contribution in [0.4, 0.5) is 4.79 Å². The standard InChI is InChI=1S/C16H29N3O4/c1-15(2,3)23-14(22)19-7-6-10(8-12(17)18)16(4,5)11(19)9-13(20)21/h10-11H,6-9H2,1-5H3,(H3,17,18)(H,20,21). The molecule has 0 spiro atoms. The van der Waals surface area contributed by atoms with Gasteiger partial charge in [-0.3, -0.25) is 10.2 Å². The molecule has 1 saturated heterocycles. The van der Waals surface area contributed by atoms with Gasteiger partial charge in [-0.2, -0.15) is 0 Å². The summed E-state index contributed by atoms with van der Waals surface area (Å²) in [4.78, 5) is 25.3.